The lowest BCUT2D eigenvalue weighted by Gasteiger charge is -2.11. The van der Waals surface area contributed by atoms with Gasteiger partial charge in [0.15, 0.2) is 0 Å². The van der Waals surface area contributed by atoms with Crippen LogP contribution in [0.15, 0.2) is 71.6 Å². The van der Waals surface area contributed by atoms with Crippen molar-refractivity contribution < 1.29 is 8.42 Å². The molecule has 0 bridgehead atoms. The third kappa shape index (κ3) is 5.43. The number of sulfonamides is 1. The van der Waals surface area contributed by atoms with E-state index in [-0.39, 0.29) is 0 Å². The first-order valence-electron chi connectivity index (χ1n) is 9.23. The topological polar surface area (TPSA) is 59.1 Å². The predicted molar refractivity (Wildman–Crippen MR) is 122 cm³/mol. The molecule has 0 atom stereocenters. The van der Waals surface area contributed by atoms with Gasteiger partial charge in [0.2, 0.25) is 0 Å². The molecule has 0 unspecified atom stereocenters. The fourth-order valence-corrected chi connectivity index (χ4v) is 5.09. The van der Waals surface area contributed by atoms with Crippen LogP contribution in [0.4, 0.5) is 5.69 Å². The van der Waals surface area contributed by atoms with E-state index in [1.54, 1.807) is 30.4 Å². The average Bonchev–Trinajstić information content (AvgIpc) is 3.04. The van der Waals surface area contributed by atoms with Gasteiger partial charge in [0.1, 0.15) is 0 Å². The standard InChI is InChI=1S/C16H16N2O2S2.C7H8/c1-10-4-5-11(2)16(8-10)22(19,20)18-13-6-7-14-15(9-13)21-12(3)17-14;1-7-5-3-2-4-6-7/h4-9,18H,1-3H3;2-6H,1H3. The van der Waals surface area contributed by atoms with Gasteiger partial charge in [0.25, 0.3) is 10.0 Å². The molecule has 1 aromatic heterocycles. The van der Waals surface area contributed by atoms with Crippen LogP contribution in [0.2, 0.25) is 0 Å². The molecule has 6 heteroatoms. The van der Waals surface area contributed by atoms with Crippen LogP contribution in [-0.2, 0) is 10.0 Å². The molecule has 0 spiro atoms. The van der Waals surface area contributed by atoms with E-state index in [0.717, 1.165) is 26.4 Å². The first kappa shape index (κ1) is 21.0. The maximum absolute atomic E-state index is 12.6. The monoisotopic (exact) mass is 424 g/mol. The van der Waals surface area contributed by atoms with Crippen molar-refractivity contribution in [2.45, 2.75) is 32.6 Å². The molecular weight excluding hydrogens is 400 g/mol. The Labute approximate surface area is 176 Å². The third-order valence-corrected chi connectivity index (χ3v) is 6.78. The van der Waals surface area contributed by atoms with Crippen molar-refractivity contribution in [3.63, 3.8) is 0 Å². The molecule has 0 aliphatic rings. The Kier molecular flexibility index (Phi) is 6.35. The lowest BCUT2D eigenvalue weighted by atomic mass is 10.2. The Morgan fingerprint density at radius 3 is 2.21 bits per heavy atom. The van der Waals surface area contributed by atoms with E-state index in [2.05, 4.69) is 28.8 Å². The van der Waals surface area contributed by atoms with Gasteiger partial charge in [-0.25, -0.2) is 13.4 Å². The normalized spacial score (nSPS) is 11.0. The number of thiazole rings is 1. The molecule has 29 heavy (non-hydrogen) atoms. The zero-order chi connectivity index (χ0) is 21.0. The first-order chi connectivity index (χ1) is 13.7. The molecule has 0 saturated carbocycles. The highest BCUT2D eigenvalue weighted by atomic mass is 32.2. The van der Waals surface area contributed by atoms with Crippen LogP contribution in [0, 0.1) is 27.7 Å². The Bertz CT molecular complexity index is 1230. The van der Waals surface area contributed by atoms with Crippen molar-refractivity contribution in [1.82, 2.24) is 4.98 Å². The highest BCUT2D eigenvalue weighted by Crippen LogP contribution is 2.27. The van der Waals surface area contributed by atoms with Gasteiger partial charge in [-0.2, -0.15) is 0 Å². The minimum absolute atomic E-state index is 0.313. The maximum Gasteiger partial charge on any atom is 0.262 e. The van der Waals surface area contributed by atoms with Crippen molar-refractivity contribution in [3.8, 4) is 0 Å². The van der Waals surface area contributed by atoms with Crippen molar-refractivity contribution in [3.05, 3.63) is 88.4 Å². The number of hydrogen-bond acceptors (Lipinski definition) is 4. The molecule has 4 aromatic rings. The number of fused-ring (bicyclic) bond motifs is 1. The largest absolute Gasteiger partial charge is 0.280 e. The summed E-state index contributed by atoms with van der Waals surface area (Å²) >= 11 is 1.55. The molecule has 0 radical (unpaired) electrons. The molecule has 3 aromatic carbocycles. The smallest absolute Gasteiger partial charge is 0.262 e. The fourth-order valence-electron chi connectivity index (χ4n) is 2.84. The number of benzene rings is 3. The van der Waals surface area contributed by atoms with Gasteiger partial charge in [-0.15, -0.1) is 11.3 Å². The van der Waals surface area contributed by atoms with Crippen LogP contribution in [-0.4, -0.2) is 13.4 Å². The van der Waals surface area contributed by atoms with Gasteiger partial charge in [-0.05, 0) is 63.1 Å². The van der Waals surface area contributed by atoms with Crippen LogP contribution in [0.25, 0.3) is 10.2 Å². The molecule has 0 aliphatic heterocycles. The van der Waals surface area contributed by atoms with E-state index in [1.165, 1.54) is 5.56 Å². The molecule has 4 nitrogen and oxygen atoms in total. The van der Waals surface area contributed by atoms with Crippen molar-refractivity contribution in [1.29, 1.82) is 0 Å². The minimum atomic E-state index is -3.59. The maximum atomic E-state index is 12.6. The zero-order valence-electron chi connectivity index (χ0n) is 16.9. The second kappa shape index (κ2) is 8.76. The summed E-state index contributed by atoms with van der Waals surface area (Å²) in [7, 11) is -3.59. The van der Waals surface area contributed by atoms with E-state index < -0.39 is 10.0 Å². The minimum Gasteiger partial charge on any atom is -0.280 e. The van der Waals surface area contributed by atoms with Gasteiger partial charge in [-0.3, -0.25) is 4.72 Å². The summed E-state index contributed by atoms with van der Waals surface area (Å²) in [5.74, 6) is 0. The van der Waals surface area contributed by atoms with Gasteiger partial charge in [-0.1, -0.05) is 48.0 Å². The number of nitrogens with one attached hydrogen (secondary N) is 1. The number of aryl methyl sites for hydroxylation is 4. The second-order valence-corrected chi connectivity index (χ2v) is 9.83. The summed E-state index contributed by atoms with van der Waals surface area (Å²) in [6.07, 6.45) is 0. The van der Waals surface area contributed by atoms with Crippen LogP contribution >= 0.6 is 11.3 Å². The highest BCUT2D eigenvalue weighted by molar-refractivity contribution is 7.92. The number of anilines is 1. The molecular formula is C23H24N2O2S2. The quantitative estimate of drug-likeness (QED) is 0.438. The molecule has 0 fully saturated rings. The van der Waals surface area contributed by atoms with Crippen molar-refractivity contribution in [2.24, 2.45) is 0 Å². The van der Waals surface area contributed by atoms with E-state index in [4.69, 9.17) is 0 Å². The Morgan fingerprint density at radius 1 is 0.828 bits per heavy atom. The Balaban J connectivity index is 0.000000290. The summed E-state index contributed by atoms with van der Waals surface area (Å²) in [5, 5.41) is 0.963. The van der Waals surface area contributed by atoms with Gasteiger partial charge in [0.05, 0.1) is 25.8 Å². The Morgan fingerprint density at radius 2 is 1.55 bits per heavy atom. The number of aromatic nitrogens is 1. The van der Waals surface area contributed by atoms with E-state index in [1.807, 2.05) is 56.3 Å². The Hall–Kier alpha value is -2.70. The summed E-state index contributed by atoms with van der Waals surface area (Å²) < 4.78 is 28.8. The van der Waals surface area contributed by atoms with E-state index in [0.29, 0.717) is 10.6 Å². The lowest BCUT2D eigenvalue weighted by Crippen LogP contribution is -2.14. The molecule has 0 amide bonds. The molecule has 0 saturated heterocycles. The van der Waals surface area contributed by atoms with E-state index >= 15 is 0 Å². The number of nitrogens with zero attached hydrogens (tertiary/aromatic N) is 1. The second-order valence-electron chi connectivity index (χ2n) is 6.94. The fraction of sp³-hybridized carbons (Fsp3) is 0.174. The van der Waals surface area contributed by atoms with E-state index in [9.17, 15) is 8.42 Å². The first-order valence-corrected chi connectivity index (χ1v) is 11.5. The molecule has 0 aliphatic carbocycles. The zero-order valence-corrected chi connectivity index (χ0v) is 18.6. The van der Waals surface area contributed by atoms with Crippen LogP contribution < -0.4 is 4.72 Å². The summed E-state index contributed by atoms with van der Waals surface area (Å²) in [4.78, 5) is 4.69. The molecule has 1 N–H and O–H groups in total. The van der Waals surface area contributed by atoms with Crippen molar-refractivity contribution in [2.75, 3.05) is 4.72 Å². The average molecular weight is 425 g/mol. The predicted octanol–water partition coefficient (Wildman–Crippen LogP) is 6.02. The number of hydrogen-bond donors (Lipinski definition) is 1. The van der Waals surface area contributed by atoms with Crippen LogP contribution in [0.5, 0.6) is 0 Å². The summed E-state index contributed by atoms with van der Waals surface area (Å²) in [6, 6.07) is 21.1. The van der Waals surface area contributed by atoms with Crippen LogP contribution in [0.1, 0.15) is 21.7 Å². The molecule has 4 rings (SSSR count). The highest BCUT2D eigenvalue weighted by Gasteiger charge is 2.17. The van der Waals surface area contributed by atoms with Crippen LogP contribution in [0.3, 0.4) is 0 Å². The van der Waals surface area contributed by atoms with Gasteiger partial charge in [0, 0.05) is 0 Å². The molecule has 150 valence electrons. The van der Waals surface area contributed by atoms with Gasteiger partial charge >= 0.3 is 0 Å². The summed E-state index contributed by atoms with van der Waals surface area (Å²) in [5.41, 5.74) is 4.41. The molecule has 1 heterocycles. The van der Waals surface area contributed by atoms with Crippen molar-refractivity contribution >= 4 is 37.3 Å². The summed E-state index contributed by atoms with van der Waals surface area (Å²) in [6.45, 7) is 7.69. The number of rotatable bonds is 3. The lowest BCUT2D eigenvalue weighted by molar-refractivity contribution is 0.600. The SMILES string of the molecule is Cc1ccc(C)c(S(=O)(=O)Nc2ccc3nc(C)sc3c2)c1.Cc1ccccc1. The third-order valence-electron chi connectivity index (χ3n) is 4.32. The van der Waals surface area contributed by atoms with Gasteiger partial charge < -0.3 is 0 Å².